The summed E-state index contributed by atoms with van der Waals surface area (Å²) in [5.41, 5.74) is 4.10. The van der Waals surface area contributed by atoms with E-state index >= 15 is 0 Å². The zero-order valence-corrected chi connectivity index (χ0v) is 17.9. The summed E-state index contributed by atoms with van der Waals surface area (Å²) in [7, 11) is 0. The maximum Gasteiger partial charge on any atom is 0.343 e. The van der Waals surface area contributed by atoms with Crippen molar-refractivity contribution in [3.63, 3.8) is 0 Å². The Bertz CT molecular complexity index is 1130. The van der Waals surface area contributed by atoms with E-state index in [0.29, 0.717) is 24.3 Å². The summed E-state index contributed by atoms with van der Waals surface area (Å²) in [5, 5.41) is 15.8. The van der Waals surface area contributed by atoms with E-state index in [1.165, 1.54) is 4.68 Å². The van der Waals surface area contributed by atoms with Crippen LogP contribution in [0, 0.1) is 25.2 Å². The molecular weight excluding hydrogens is 416 g/mol. The van der Waals surface area contributed by atoms with Gasteiger partial charge in [0, 0.05) is 5.69 Å². The molecule has 0 aliphatic carbocycles. The lowest BCUT2D eigenvalue weighted by molar-refractivity contribution is -0.119. The standard InChI is InChI=1S/C23H21ClN4O3/c1-15-3-5-18(6-4-15)13-28-22(24)21(16(2)27-28)23(30)31-14-20(29)26-19-9-7-17(8-10-19)11-12-25/h3-10H,11,13-14H2,1-2H3,(H,26,29). The average molecular weight is 437 g/mol. The number of halogens is 1. The highest BCUT2D eigenvalue weighted by Gasteiger charge is 2.22. The largest absolute Gasteiger partial charge is 0.452 e. The fraction of sp³-hybridized carbons (Fsp3) is 0.217. The van der Waals surface area contributed by atoms with Crippen molar-refractivity contribution in [1.82, 2.24) is 9.78 Å². The summed E-state index contributed by atoms with van der Waals surface area (Å²) in [4.78, 5) is 24.6. The third kappa shape index (κ3) is 5.71. The number of carbonyl (C=O) groups is 2. The zero-order valence-electron chi connectivity index (χ0n) is 17.2. The van der Waals surface area contributed by atoms with E-state index in [0.717, 1.165) is 16.7 Å². The third-order valence-corrected chi connectivity index (χ3v) is 4.96. The molecular formula is C23H21ClN4O3. The van der Waals surface area contributed by atoms with Crippen LogP contribution >= 0.6 is 11.6 Å². The number of anilines is 1. The van der Waals surface area contributed by atoms with E-state index in [9.17, 15) is 9.59 Å². The van der Waals surface area contributed by atoms with Crippen LogP contribution in [0.1, 0.15) is 32.7 Å². The normalized spacial score (nSPS) is 10.4. The van der Waals surface area contributed by atoms with Crippen LogP contribution < -0.4 is 5.32 Å². The molecule has 0 atom stereocenters. The van der Waals surface area contributed by atoms with Gasteiger partial charge in [-0.05, 0) is 37.1 Å². The summed E-state index contributed by atoms with van der Waals surface area (Å²) < 4.78 is 6.66. The number of rotatable bonds is 7. The Balaban J connectivity index is 1.59. The molecule has 1 heterocycles. The van der Waals surface area contributed by atoms with Crippen LogP contribution in [0.5, 0.6) is 0 Å². The highest BCUT2D eigenvalue weighted by Crippen LogP contribution is 2.22. The highest BCUT2D eigenvalue weighted by atomic mass is 35.5. The van der Waals surface area contributed by atoms with Gasteiger partial charge in [0.25, 0.3) is 5.91 Å². The molecule has 1 aromatic heterocycles. The van der Waals surface area contributed by atoms with Crippen LogP contribution in [0.3, 0.4) is 0 Å². The number of esters is 1. The Morgan fingerprint density at radius 3 is 2.39 bits per heavy atom. The monoisotopic (exact) mass is 436 g/mol. The smallest absolute Gasteiger partial charge is 0.343 e. The van der Waals surface area contributed by atoms with Gasteiger partial charge in [-0.1, -0.05) is 53.6 Å². The Hall–Kier alpha value is -3.63. The molecule has 0 aliphatic heterocycles. The fourth-order valence-electron chi connectivity index (χ4n) is 2.95. The predicted molar refractivity (Wildman–Crippen MR) is 117 cm³/mol. The molecule has 1 N–H and O–H groups in total. The minimum atomic E-state index is -0.711. The molecule has 3 rings (SSSR count). The Labute approximate surface area is 185 Å². The molecule has 0 radical (unpaired) electrons. The van der Waals surface area contributed by atoms with Crippen molar-refractivity contribution >= 4 is 29.2 Å². The van der Waals surface area contributed by atoms with Gasteiger partial charge < -0.3 is 10.1 Å². The average Bonchev–Trinajstić information content (AvgIpc) is 3.02. The molecule has 0 aliphatic rings. The molecule has 0 saturated heterocycles. The molecule has 0 saturated carbocycles. The van der Waals surface area contributed by atoms with E-state index in [2.05, 4.69) is 16.5 Å². The van der Waals surface area contributed by atoms with Crippen molar-refractivity contribution in [1.29, 1.82) is 5.26 Å². The lowest BCUT2D eigenvalue weighted by atomic mass is 10.1. The number of ether oxygens (including phenoxy) is 1. The van der Waals surface area contributed by atoms with E-state index in [1.54, 1.807) is 31.2 Å². The number of hydrogen-bond donors (Lipinski definition) is 1. The third-order valence-electron chi connectivity index (χ3n) is 4.58. The maximum atomic E-state index is 12.5. The van der Waals surface area contributed by atoms with E-state index < -0.39 is 18.5 Å². The Morgan fingerprint density at radius 2 is 1.74 bits per heavy atom. The van der Waals surface area contributed by atoms with Crippen LogP contribution in [-0.2, 0) is 22.5 Å². The summed E-state index contributed by atoms with van der Waals surface area (Å²) >= 11 is 6.37. The van der Waals surface area contributed by atoms with Gasteiger partial charge in [-0.25, -0.2) is 9.48 Å². The van der Waals surface area contributed by atoms with Gasteiger partial charge in [-0.15, -0.1) is 0 Å². The number of carbonyl (C=O) groups excluding carboxylic acids is 2. The number of nitrogens with one attached hydrogen (secondary N) is 1. The minimum absolute atomic E-state index is 0.141. The molecule has 1 amide bonds. The number of hydrogen-bond acceptors (Lipinski definition) is 5. The van der Waals surface area contributed by atoms with Crippen LogP contribution in [0.2, 0.25) is 5.15 Å². The van der Waals surface area contributed by atoms with Crippen LogP contribution in [-0.4, -0.2) is 28.3 Å². The van der Waals surface area contributed by atoms with E-state index in [-0.39, 0.29) is 10.7 Å². The van der Waals surface area contributed by atoms with Gasteiger partial charge >= 0.3 is 5.97 Å². The summed E-state index contributed by atoms with van der Waals surface area (Å²) in [6.07, 6.45) is 0.295. The summed E-state index contributed by atoms with van der Waals surface area (Å²) in [6, 6.07) is 16.8. The maximum absolute atomic E-state index is 12.5. The number of aromatic nitrogens is 2. The first kappa shape index (κ1) is 22.1. The number of aryl methyl sites for hydroxylation is 2. The second kappa shape index (κ2) is 9.92. The second-order valence-corrected chi connectivity index (χ2v) is 7.41. The van der Waals surface area contributed by atoms with Crippen molar-refractivity contribution in [2.75, 3.05) is 11.9 Å². The summed E-state index contributed by atoms with van der Waals surface area (Å²) in [5.74, 6) is -1.20. The molecule has 0 fully saturated rings. The van der Waals surface area contributed by atoms with Crippen LogP contribution in [0.15, 0.2) is 48.5 Å². The first-order valence-electron chi connectivity index (χ1n) is 9.58. The molecule has 7 nitrogen and oxygen atoms in total. The number of nitriles is 1. The van der Waals surface area contributed by atoms with E-state index in [4.69, 9.17) is 21.6 Å². The van der Waals surface area contributed by atoms with Gasteiger partial charge in [0.1, 0.15) is 10.7 Å². The number of amides is 1. The lowest BCUT2D eigenvalue weighted by Crippen LogP contribution is -2.21. The SMILES string of the molecule is Cc1ccc(Cn2nc(C)c(C(=O)OCC(=O)Nc3ccc(CC#N)cc3)c2Cl)cc1. The molecule has 0 bridgehead atoms. The number of nitrogens with zero attached hydrogens (tertiary/aromatic N) is 3. The van der Waals surface area contributed by atoms with Crippen LogP contribution in [0.4, 0.5) is 5.69 Å². The fourth-order valence-corrected chi connectivity index (χ4v) is 3.27. The van der Waals surface area contributed by atoms with Crippen molar-refractivity contribution in [3.05, 3.63) is 81.6 Å². The Kier molecular flexibility index (Phi) is 7.06. The molecule has 158 valence electrons. The van der Waals surface area contributed by atoms with Crippen LogP contribution in [0.25, 0.3) is 0 Å². The molecule has 8 heteroatoms. The van der Waals surface area contributed by atoms with Crippen molar-refractivity contribution in [2.45, 2.75) is 26.8 Å². The predicted octanol–water partition coefficient (Wildman–Crippen LogP) is 4.06. The van der Waals surface area contributed by atoms with Gasteiger partial charge in [0.05, 0.1) is 24.7 Å². The van der Waals surface area contributed by atoms with Gasteiger partial charge in [0.2, 0.25) is 0 Å². The molecule has 3 aromatic rings. The van der Waals surface area contributed by atoms with Crippen molar-refractivity contribution < 1.29 is 14.3 Å². The zero-order chi connectivity index (χ0) is 22.4. The second-order valence-electron chi connectivity index (χ2n) is 7.05. The minimum Gasteiger partial charge on any atom is -0.452 e. The van der Waals surface area contributed by atoms with Gasteiger partial charge in [-0.2, -0.15) is 10.4 Å². The molecule has 0 spiro atoms. The van der Waals surface area contributed by atoms with Crippen molar-refractivity contribution in [2.24, 2.45) is 0 Å². The lowest BCUT2D eigenvalue weighted by Gasteiger charge is -2.07. The number of benzene rings is 2. The topological polar surface area (TPSA) is 97.0 Å². The first-order chi connectivity index (χ1) is 14.9. The van der Waals surface area contributed by atoms with Gasteiger partial charge in [-0.3, -0.25) is 4.79 Å². The van der Waals surface area contributed by atoms with Crippen molar-refractivity contribution in [3.8, 4) is 6.07 Å². The Morgan fingerprint density at radius 1 is 1.10 bits per heavy atom. The van der Waals surface area contributed by atoms with E-state index in [1.807, 2.05) is 31.2 Å². The molecule has 0 unspecified atom stereocenters. The van der Waals surface area contributed by atoms with Gasteiger partial charge in [0.15, 0.2) is 6.61 Å². The quantitative estimate of drug-likeness (QED) is 0.563. The first-order valence-corrected chi connectivity index (χ1v) is 9.96. The highest BCUT2D eigenvalue weighted by molar-refractivity contribution is 6.32. The summed E-state index contributed by atoms with van der Waals surface area (Å²) in [6.45, 7) is 3.62. The molecule has 31 heavy (non-hydrogen) atoms. The molecule has 2 aromatic carbocycles.